The maximum atomic E-state index is 13.3. The highest BCUT2D eigenvalue weighted by molar-refractivity contribution is 5.54. The van der Waals surface area contributed by atoms with Crippen molar-refractivity contribution in [1.29, 1.82) is 0 Å². The molecular formula is C14H14F2N6. The number of hydrogen-bond acceptors (Lipinski definition) is 4. The zero-order chi connectivity index (χ0) is 15.7. The Hall–Kier alpha value is -2.64. The second-order valence-corrected chi connectivity index (χ2v) is 5.17. The van der Waals surface area contributed by atoms with Gasteiger partial charge in [-0.05, 0) is 11.6 Å². The van der Waals surface area contributed by atoms with Crippen LogP contribution in [0.5, 0.6) is 0 Å². The van der Waals surface area contributed by atoms with Gasteiger partial charge in [0.2, 0.25) is 0 Å². The molecule has 0 atom stereocenters. The van der Waals surface area contributed by atoms with E-state index in [1.54, 1.807) is 28.0 Å². The average Bonchev–Trinajstić information content (AvgIpc) is 3.07. The van der Waals surface area contributed by atoms with E-state index >= 15 is 0 Å². The SMILES string of the molecule is Cn1cc(-c2cn(Cc3cncc(C(C)(F)F)c3)nn2)cn1. The van der Waals surface area contributed by atoms with Crippen molar-refractivity contribution in [2.24, 2.45) is 7.05 Å². The van der Waals surface area contributed by atoms with Gasteiger partial charge in [0.1, 0.15) is 5.69 Å². The fourth-order valence-electron chi connectivity index (χ4n) is 2.06. The maximum absolute atomic E-state index is 13.3. The molecule has 0 saturated carbocycles. The number of nitrogens with zero attached hydrogens (tertiary/aromatic N) is 6. The van der Waals surface area contributed by atoms with Gasteiger partial charge in [-0.2, -0.15) is 5.10 Å². The van der Waals surface area contributed by atoms with Gasteiger partial charge in [-0.3, -0.25) is 9.67 Å². The van der Waals surface area contributed by atoms with Gasteiger partial charge in [-0.25, -0.2) is 13.5 Å². The molecule has 0 aliphatic rings. The monoisotopic (exact) mass is 304 g/mol. The number of rotatable bonds is 4. The van der Waals surface area contributed by atoms with E-state index < -0.39 is 5.92 Å². The van der Waals surface area contributed by atoms with Crippen LogP contribution in [0.15, 0.2) is 37.1 Å². The standard InChI is InChI=1S/C14H14F2N6/c1-14(15,16)12-3-10(4-17-6-12)7-22-9-13(19-20-22)11-5-18-21(2)8-11/h3-6,8-9H,7H2,1-2H3. The van der Waals surface area contributed by atoms with E-state index in [0.717, 1.165) is 12.5 Å². The summed E-state index contributed by atoms with van der Waals surface area (Å²) in [5, 5.41) is 12.1. The van der Waals surface area contributed by atoms with Crippen molar-refractivity contribution in [3.05, 3.63) is 48.2 Å². The van der Waals surface area contributed by atoms with Gasteiger partial charge in [0.15, 0.2) is 0 Å². The van der Waals surface area contributed by atoms with Crippen molar-refractivity contribution in [3.8, 4) is 11.3 Å². The molecule has 0 bridgehead atoms. The molecule has 3 aromatic heterocycles. The maximum Gasteiger partial charge on any atom is 0.272 e. The summed E-state index contributed by atoms with van der Waals surface area (Å²) in [5.74, 6) is -2.91. The normalized spacial score (nSPS) is 11.8. The first-order chi connectivity index (χ1) is 10.4. The van der Waals surface area contributed by atoms with Crippen LogP contribution in [0, 0.1) is 0 Å². The largest absolute Gasteiger partial charge is 0.275 e. The molecule has 0 radical (unpaired) electrons. The van der Waals surface area contributed by atoms with Crippen molar-refractivity contribution >= 4 is 0 Å². The predicted molar refractivity (Wildman–Crippen MR) is 75.1 cm³/mol. The van der Waals surface area contributed by atoms with Gasteiger partial charge in [0.05, 0.1) is 18.9 Å². The number of aromatic nitrogens is 6. The molecule has 3 heterocycles. The molecule has 3 aromatic rings. The zero-order valence-electron chi connectivity index (χ0n) is 12.1. The lowest BCUT2D eigenvalue weighted by atomic mass is 10.1. The zero-order valence-corrected chi connectivity index (χ0v) is 12.1. The van der Waals surface area contributed by atoms with Crippen LogP contribution in [0.4, 0.5) is 8.78 Å². The Morgan fingerprint density at radius 2 is 2.00 bits per heavy atom. The summed E-state index contributed by atoms with van der Waals surface area (Å²) in [5.41, 5.74) is 2.05. The summed E-state index contributed by atoms with van der Waals surface area (Å²) >= 11 is 0. The summed E-state index contributed by atoms with van der Waals surface area (Å²) in [7, 11) is 1.82. The highest BCUT2D eigenvalue weighted by Crippen LogP contribution is 2.26. The van der Waals surface area contributed by atoms with Crippen LogP contribution >= 0.6 is 0 Å². The third-order valence-corrected chi connectivity index (χ3v) is 3.19. The smallest absolute Gasteiger partial charge is 0.272 e. The number of halogens is 2. The molecule has 0 saturated heterocycles. The van der Waals surface area contributed by atoms with Gasteiger partial charge in [-0.15, -0.1) is 5.10 Å². The molecule has 0 aliphatic heterocycles. The van der Waals surface area contributed by atoms with Crippen LogP contribution in [-0.4, -0.2) is 29.8 Å². The van der Waals surface area contributed by atoms with E-state index in [0.29, 0.717) is 17.8 Å². The molecule has 0 aromatic carbocycles. The lowest BCUT2D eigenvalue weighted by Crippen LogP contribution is -2.09. The second-order valence-electron chi connectivity index (χ2n) is 5.17. The van der Waals surface area contributed by atoms with Crippen molar-refractivity contribution < 1.29 is 8.78 Å². The topological polar surface area (TPSA) is 61.4 Å². The number of aryl methyl sites for hydroxylation is 1. The van der Waals surface area contributed by atoms with Crippen molar-refractivity contribution in [1.82, 2.24) is 29.8 Å². The highest BCUT2D eigenvalue weighted by atomic mass is 19.3. The van der Waals surface area contributed by atoms with E-state index in [4.69, 9.17) is 0 Å². The van der Waals surface area contributed by atoms with Crippen LogP contribution in [0.2, 0.25) is 0 Å². The lowest BCUT2D eigenvalue weighted by molar-refractivity contribution is 0.0170. The summed E-state index contributed by atoms with van der Waals surface area (Å²) in [6.07, 6.45) is 7.97. The van der Waals surface area contributed by atoms with Crippen molar-refractivity contribution in [2.45, 2.75) is 19.4 Å². The van der Waals surface area contributed by atoms with Crippen LogP contribution < -0.4 is 0 Å². The summed E-state index contributed by atoms with van der Waals surface area (Å²) in [4.78, 5) is 3.86. The first kappa shape index (κ1) is 14.3. The predicted octanol–water partition coefficient (Wildman–Crippen LogP) is 2.23. The summed E-state index contributed by atoms with van der Waals surface area (Å²) in [6.45, 7) is 1.17. The molecule has 114 valence electrons. The van der Waals surface area contributed by atoms with Crippen LogP contribution in [0.25, 0.3) is 11.3 Å². The Bertz CT molecular complexity index is 786. The quantitative estimate of drug-likeness (QED) is 0.741. The van der Waals surface area contributed by atoms with E-state index in [2.05, 4.69) is 20.4 Å². The lowest BCUT2D eigenvalue weighted by Gasteiger charge is -2.11. The highest BCUT2D eigenvalue weighted by Gasteiger charge is 2.24. The molecule has 0 aliphatic carbocycles. The Balaban J connectivity index is 1.81. The average molecular weight is 304 g/mol. The minimum atomic E-state index is -2.91. The van der Waals surface area contributed by atoms with Crippen LogP contribution in [0.3, 0.4) is 0 Å². The molecule has 0 N–H and O–H groups in total. The number of hydrogen-bond donors (Lipinski definition) is 0. The van der Waals surface area contributed by atoms with E-state index in [1.165, 1.54) is 12.3 Å². The van der Waals surface area contributed by atoms with E-state index in [-0.39, 0.29) is 5.56 Å². The minimum Gasteiger partial charge on any atom is -0.275 e. The Morgan fingerprint density at radius 1 is 1.18 bits per heavy atom. The van der Waals surface area contributed by atoms with Crippen molar-refractivity contribution in [2.75, 3.05) is 0 Å². The fourth-order valence-corrected chi connectivity index (χ4v) is 2.06. The Labute approximate surface area is 125 Å². The van der Waals surface area contributed by atoms with Gasteiger partial charge in [0, 0.05) is 43.7 Å². The van der Waals surface area contributed by atoms with Crippen LogP contribution in [0.1, 0.15) is 18.1 Å². The molecule has 3 rings (SSSR count). The van der Waals surface area contributed by atoms with Gasteiger partial charge in [-0.1, -0.05) is 5.21 Å². The molecule has 8 heteroatoms. The molecule has 0 amide bonds. The number of alkyl halides is 2. The van der Waals surface area contributed by atoms with Crippen molar-refractivity contribution in [3.63, 3.8) is 0 Å². The molecule has 0 fully saturated rings. The molecule has 22 heavy (non-hydrogen) atoms. The Kier molecular flexibility index (Phi) is 3.44. The second kappa shape index (κ2) is 5.28. The van der Waals surface area contributed by atoms with E-state index in [9.17, 15) is 8.78 Å². The fraction of sp³-hybridized carbons (Fsp3) is 0.286. The first-order valence-corrected chi connectivity index (χ1v) is 6.63. The van der Waals surface area contributed by atoms with E-state index in [1.807, 2.05) is 13.2 Å². The number of pyridine rings is 1. The third-order valence-electron chi connectivity index (χ3n) is 3.19. The summed E-state index contributed by atoms with van der Waals surface area (Å²) in [6, 6.07) is 1.43. The minimum absolute atomic E-state index is 0.113. The van der Waals surface area contributed by atoms with Crippen LogP contribution in [-0.2, 0) is 19.5 Å². The molecule has 0 spiro atoms. The first-order valence-electron chi connectivity index (χ1n) is 6.63. The van der Waals surface area contributed by atoms with Gasteiger partial charge >= 0.3 is 0 Å². The van der Waals surface area contributed by atoms with Gasteiger partial charge in [0.25, 0.3) is 5.92 Å². The third kappa shape index (κ3) is 3.00. The Morgan fingerprint density at radius 3 is 2.68 bits per heavy atom. The molecule has 0 unspecified atom stereocenters. The molecular weight excluding hydrogens is 290 g/mol. The molecule has 6 nitrogen and oxygen atoms in total. The van der Waals surface area contributed by atoms with Gasteiger partial charge < -0.3 is 0 Å². The summed E-state index contributed by atoms with van der Waals surface area (Å²) < 4.78 is 29.9.